The molecule has 3 heterocycles. The minimum Gasteiger partial charge on any atom is -0.477 e. The van der Waals surface area contributed by atoms with Crippen LogP contribution in [0.15, 0.2) is 30.5 Å². The van der Waals surface area contributed by atoms with Gasteiger partial charge in [0.05, 0.1) is 19.4 Å². The summed E-state index contributed by atoms with van der Waals surface area (Å²) in [6.45, 7) is 4.94. The van der Waals surface area contributed by atoms with Crippen LogP contribution in [0.25, 0.3) is 21.2 Å². The summed E-state index contributed by atoms with van der Waals surface area (Å²) in [7, 11) is 0. The van der Waals surface area contributed by atoms with Crippen LogP contribution in [0.1, 0.15) is 15.2 Å². The maximum absolute atomic E-state index is 11.2. The highest BCUT2D eigenvalue weighted by Crippen LogP contribution is 2.35. The first-order chi connectivity index (χ1) is 12.1. The number of ether oxygens (including phenoxy) is 1. The standard InChI is InChI=1S/C18H17N3O3S/c1-11-8-15(18(22)23)25-16(11)12-2-3-14-13(9-12)10-19-20-17(14)21-4-6-24-7-5-21/h2-3,8-10H,4-7H2,1H3,(H,22,23). The van der Waals surface area contributed by atoms with Crippen molar-refractivity contribution in [3.05, 3.63) is 40.9 Å². The number of aryl methyl sites for hydroxylation is 1. The highest BCUT2D eigenvalue weighted by molar-refractivity contribution is 7.17. The molecular formula is C18H17N3O3S. The van der Waals surface area contributed by atoms with Gasteiger partial charge in [0.1, 0.15) is 4.88 Å². The van der Waals surface area contributed by atoms with Gasteiger partial charge in [-0.25, -0.2) is 4.79 Å². The summed E-state index contributed by atoms with van der Waals surface area (Å²) in [5, 5.41) is 19.7. The highest BCUT2D eigenvalue weighted by Gasteiger charge is 2.17. The molecule has 0 amide bonds. The minimum absolute atomic E-state index is 0.356. The largest absolute Gasteiger partial charge is 0.477 e. The second-order valence-electron chi connectivity index (χ2n) is 6.00. The number of hydrogen-bond acceptors (Lipinski definition) is 6. The number of aromatic nitrogens is 2. The van der Waals surface area contributed by atoms with Crippen molar-refractivity contribution in [2.75, 3.05) is 31.2 Å². The average Bonchev–Trinajstić information content (AvgIpc) is 3.03. The molecule has 128 valence electrons. The fourth-order valence-corrected chi connectivity index (χ4v) is 4.10. The fourth-order valence-electron chi connectivity index (χ4n) is 3.10. The molecule has 1 aromatic carbocycles. The topological polar surface area (TPSA) is 75.5 Å². The van der Waals surface area contributed by atoms with Crippen LogP contribution in [-0.2, 0) is 4.74 Å². The normalized spacial score (nSPS) is 14.8. The van der Waals surface area contributed by atoms with Gasteiger partial charge in [-0.05, 0) is 36.2 Å². The van der Waals surface area contributed by atoms with Gasteiger partial charge in [-0.3, -0.25) is 0 Å². The number of nitrogens with zero attached hydrogens (tertiary/aromatic N) is 3. The summed E-state index contributed by atoms with van der Waals surface area (Å²) in [5.41, 5.74) is 1.97. The number of morpholine rings is 1. The summed E-state index contributed by atoms with van der Waals surface area (Å²) >= 11 is 1.30. The van der Waals surface area contributed by atoms with Gasteiger partial charge in [-0.2, -0.15) is 5.10 Å². The molecule has 0 bridgehead atoms. The Labute approximate surface area is 148 Å². The van der Waals surface area contributed by atoms with Crippen molar-refractivity contribution in [2.45, 2.75) is 6.92 Å². The number of fused-ring (bicyclic) bond motifs is 1. The summed E-state index contributed by atoms with van der Waals surface area (Å²) < 4.78 is 5.41. The zero-order chi connectivity index (χ0) is 17.4. The Morgan fingerprint density at radius 3 is 2.80 bits per heavy atom. The molecular weight excluding hydrogens is 338 g/mol. The van der Waals surface area contributed by atoms with E-state index >= 15 is 0 Å². The van der Waals surface area contributed by atoms with E-state index in [9.17, 15) is 9.90 Å². The first-order valence-electron chi connectivity index (χ1n) is 8.06. The Bertz CT molecular complexity index is 948. The molecule has 0 atom stereocenters. The van der Waals surface area contributed by atoms with Gasteiger partial charge in [0.15, 0.2) is 5.82 Å². The Kier molecular flexibility index (Phi) is 4.10. The molecule has 1 aliphatic rings. The van der Waals surface area contributed by atoms with Crippen LogP contribution >= 0.6 is 11.3 Å². The van der Waals surface area contributed by atoms with Crippen molar-refractivity contribution in [3.63, 3.8) is 0 Å². The van der Waals surface area contributed by atoms with E-state index in [-0.39, 0.29) is 0 Å². The van der Waals surface area contributed by atoms with Crippen LogP contribution in [0, 0.1) is 6.92 Å². The van der Waals surface area contributed by atoms with Crippen molar-refractivity contribution in [2.24, 2.45) is 0 Å². The quantitative estimate of drug-likeness (QED) is 0.778. The molecule has 7 heteroatoms. The molecule has 0 saturated carbocycles. The van der Waals surface area contributed by atoms with E-state index in [1.807, 2.05) is 19.1 Å². The molecule has 0 spiro atoms. The lowest BCUT2D eigenvalue weighted by Gasteiger charge is -2.28. The SMILES string of the molecule is Cc1cc(C(=O)O)sc1-c1ccc2c(N3CCOCC3)nncc2c1. The van der Waals surface area contributed by atoms with Crippen LogP contribution in [-0.4, -0.2) is 47.6 Å². The number of hydrogen-bond donors (Lipinski definition) is 1. The molecule has 4 rings (SSSR count). The van der Waals surface area contributed by atoms with Gasteiger partial charge >= 0.3 is 5.97 Å². The third kappa shape index (κ3) is 2.96. The van der Waals surface area contributed by atoms with Gasteiger partial charge < -0.3 is 14.7 Å². The van der Waals surface area contributed by atoms with Crippen LogP contribution in [0.2, 0.25) is 0 Å². The first kappa shape index (κ1) is 16.0. The van der Waals surface area contributed by atoms with Gasteiger partial charge in [-0.1, -0.05) is 6.07 Å². The Balaban J connectivity index is 1.77. The van der Waals surface area contributed by atoms with Crippen LogP contribution in [0.4, 0.5) is 5.82 Å². The average molecular weight is 355 g/mol. The van der Waals surface area contributed by atoms with Gasteiger partial charge in [0.2, 0.25) is 0 Å². The highest BCUT2D eigenvalue weighted by atomic mass is 32.1. The van der Waals surface area contributed by atoms with Crippen molar-refractivity contribution < 1.29 is 14.6 Å². The minimum atomic E-state index is -0.888. The molecule has 0 aliphatic carbocycles. The maximum Gasteiger partial charge on any atom is 0.345 e. The number of thiophene rings is 1. The third-order valence-corrected chi connectivity index (χ3v) is 5.62. The number of benzene rings is 1. The number of carboxylic acids is 1. The maximum atomic E-state index is 11.2. The van der Waals surface area contributed by atoms with Gasteiger partial charge in [-0.15, -0.1) is 16.4 Å². The molecule has 1 N–H and O–H groups in total. The lowest BCUT2D eigenvalue weighted by atomic mass is 10.1. The number of carbonyl (C=O) groups is 1. The van der Waals surface area contributed by atoms with E-state index in [4.69, 9.17) is 4.74 Å². The van der Waals surface area contributed by atoms with Gasteiger partial charge in [0.25, 0.3) is 0 Å². The molecule has 2 aromatic heterocycles. The molecule has 6 nitrogen and oxygen atoms in total. The van der Waals surface area contributed by atoms with E-state index in [1.54, 1.807) is 12.3 Å². The molecule has 3 aromatic rings. The van der Waals surface area contributed by atoms with E-state index in [0.717, 1.165) is 45.7 Å². The van der Waals surface area contributed by atoms with Crippen LogP contribution in [0.5, 0.6) is 0 Å². The zero-order valence-electron chi connectivity index (χ0n) is 13.7. The summed E-state index contributed by atoms with van der Waals surface area (Å²) in [4.78, 5) is 14.7. The lowest BCUT2D eigenvalue weighted by Crippen LogP contribution is -2.37. The molecule has 1 saturated heterocycles. The summed E-state index contributed by atoms with van der Waals surface area (Å²) in [5.74, 6) is -0.0120. The van der Waals surface area contributed by atoms with E-state index < -0.39 is 5.97 Å². The number of rotatable bonds is 3. The molecule has 25 heavy (non-hydrogen) atoms. The Morgan fingerprint density at radius 2 is 2.08 bits per heavy atom. The second-order valence-corrected chi connectivity index (χ2v) is 7.05. The fraction of sp³-hybridized carbons (Fsp3) is 0.278. The number of aromatic carboxylic acids is 1. The van der Waals surface area contributed by atoms with Crippen LogP contribution < -0.4 is 4.90 Å². The molecule has 0 unspecified atom stereocenters. The summed E-state index contributed by atoms with van der Waals surface area (Å²) in [6.07, 6.45) is 1.75. The van der Waals surface area contributed by atoms with Crippen molar-refractivity contribution in [1.82, 2.24) is 10.2 Å². The number of anilines is 1. The van der Waals surface area contributed by atoms with Crippen LogP contribution in [0.3, 0.4) is 0 Å². The predicted molar refractivity (Wildman–Crippen MR) is 97.6 cm³/mol. The van der Waals surface area contributed by atoms with Crippen molar-refractivity contribution in [3.8, 4) is 10.4 Å². The Morgan fingerprint density at radius 1 is 1.28 bits per heavy atom. The first-order valence-corrected chi connectivity index (χ1v) is 8.87. The molecule has 1 aliphatic heterocycles. The van der Waals surface area contributed by atoms with Crippen molar-refractivity contribution in [1.29, 1.82) is 0 Å². The van der Waals surface area contributed by atoms with E-state index in [0.29, 0.717) is 18.1 Å². The second kappa shape index (κ2) is 6.42. The van der Waals surface area contributed by atoms with Crippen molar-refractivity contribution >= 4 is 33.9 Å². The van der Waals surface area contributed by atoms with E-state index in [2.05, 4.69) is 21.2 Å². The zero-order valence-corrected chi connectivity index (χ0v) is 14.5. The number of carboxylic acid groups (broad SMARTS) is 1. The third-order valence-electron chi connectivity index (χ3n) is 4.34. The summed E-state index contributed by atoms with van der Waals surface area (Å²) in [6, 6.07) is 7.84. The molecule has 1 fully saturated rings. The Hall–Kier alpha value is -2.51. The lowest BCUT2D eigenvalue weighted by molar-refractivity contribution is 0.0702. The van der Waals surface area contributed by atoms with E-state index in [1.165, 1.54) is 11.3 Å². The predicted octanol–water partition coefficient (Wildman–Crippen LogP) is 3.20. The molecule has 0 radical (unpaired) electrons. The monoisotopic (exact) mass is 355 g/mol. The van der Waals surface area contributed by atoms with Gasteiger partial charge in [0, 0.05) is 28.7 Å². The smallest absolute Gasteiger partial charge is 0.345 e.